The molecular formula is C18H15F3N4O2S. The number of carbonyl (C=O) groups is 1. The number of halogens is 3. The second kappa shape index (κ2) is 6.93. The number of fused-ring (bicyclic) bond motifs is 1. The number of nitrogens with zero attached hydrogens (tertiary/aromatic N) is 2. The van der Waals surface area contributed by atoms with Crippen LogP contribution in [0.4, 0.5) is 13.2 Å². The second-order valence-electron chi connectivity index (χ2n) is 6.49. The van der Waals surface area contributed by atoms with E-state index in [1.54, 1.807) is 6.07 Å². The van der Waals surface area contributed by atoms with Crippen LogP contribution in [0.25, 0.3) is 10.6 Å². The lowest BCUT2D eigenvalue weighted by Crippen LogP contribution is -2.42. The number of hydrogen-bond acceptors (Lipinski definition) is 4. The number of imidazole rings is 1. The number of H-pyrrole nitrogens is 1. The zero-order valence-electron chi connectivity index (χ0n) is 14.4. The molecule has 0 aromatic carbocycles. The third-order valence-corrected chi connectivity index (χ3v) is 5.46. The Bertz CT molecular complexity index is 1070. The van der Waals surface area contributed by atoms with E-state index in [0.29, 0.717) is 24.4 Å². The van der Waals surface area contributed by atoms with Gasteiger partial charge in [-0.2, -0.15) is 13.2 Å². The van der Waals surface area contributed by atoms with Gasteiger partial charge in [-0.25, -0.2) is 4.98 Å². The first-order chi connectivity index (χ1) is 13.3. The van der Waals surface area contributed by atoms with Crippen LogP contribution < -0.4 is 10.9 Å². The van der Waals surface area contributed by atoms with Gasteiger partial charge in [0.1, 0.15) is 11.4 Å². The molecule has 3 aromatic rings. The third-order valence-electron chi connectivity index (χ3n) is 4.56. The van der Waals surface area contributed by atoms with Gasteiger partial charge in [-0.05, 0) is 30.0 Å². The molecule has 1 unspecified atom stereocenters. The van der Waals surface area contributed by atoms with Crippen LogP contribution in [0.5, 0.6) is 0 Å². The molecule has 0 saturated carbocycles. The normalized spacial score (nSPS) is 16.6. The van der Waals surface area contributed by atoms with Crippen molar-refractivity contribution < 1.29 is 18.0 Å². The predicted molar refractivity (Wildman–Crippen MR) is 97.2 cm³/mol. The predicted octanol–water partition coefficient (Wildman–Crippen LogP) is 3.06. The highest BCUT2D eigenvalue weighted by molar-refractivity contribution is 7.13. The Morgan fingerprint density at radius 3 is 2.82 bits per heavy atom. The average Bonchev–Trinajstić information content (AvgIpc) is 3.30. The Morgan fingerprint density at radius 1 is 1.32 bits per heavy atom. The Hall–Kier alpha value is -2.88. The molecule has 1 amide bonds. The van der Waals surface area contributed by atoms with Gasteiger partial charge in [-0.3, -0.25) is 9.59 Å². The van der Waals surface area contributed by atoms with Crippen molar-refractivity contribution in [3.05, 3.63) is 63.3 Å². The minimum absolute atomic E-state index is 0.0345. The molecule has 1 aliphatic heterocycles. The van der Waals surface area contributed by atoms with Crippen LogP contribution in [-0.4, -0.2) is 26.5 Å². The van der Waals surface area contributed by atoms with Crippen molar-refractivity contribution >= 4 is 17.2 Å². The Balaban J connectivity index is 1.47. The summed E-state index contributed by atoms with van der Waals surface area (Å²) in [5.74, 6) is -0.209. The molecule has 0 radical (unpaired) electrons. The van der Waals surface area contributed by atoms with E-state index in [4.69, 9.17) is 0 Å². The summed E-state index contributed by atoms with van der Waals surface area (Å²) in [6.45, 7) is 0.176. The number of carbonyl (C=O) groups excluding carboxylic acids is 1. The molecule has 1 aliphatic rings. The Kier molecular flexibility index (Phi) is 4.58. The first-order valence-electron chi connectivity index (χ1n) is 8.52. The van der Waals surface area contributed by atoms with Crippen LogP contribution in [0.1, 0.15) is 28.3 Å². The lowest BCUT2D eigenvalue weighted by atomic mass is 10.1. The maximum atomic E-state index is 12.8. The summed E-state index contributed by atoms with van der Waals surface area (Å²) >= 11 is 1.47. The smallest absolute Gasteiger partial charge is 0.347 e. The van der Waals surface area contributed by atoms with Crippen molar-refractivity contribution in [2.45, 2.75) is 31.6 Å². The van der Waals surface area contributed by atoms with Crippen LogP contribution in [0.15, 0.2) is 40.6 Å². The topological polar surface area (TPSA) is 79.8 Å². The number of aryl methyl sites for hydroxylation is 1. The molecule has 2 N–H and O–H groups in total. The molecule has 3 aromatic heterocycles. The molecule has 0 spiro atoms. The fourth-order valence-electron chi connectivity index (χ4n) is 3.19. The van der Waals surface area contributed by atoms with Crippen LogP contribution in [0.2, 0.25) is 0 Å². The lowest BCUT2D eigenvalue weighted by molar-refractivity contribution is -0.141. The molecule has 146 valence electrons. The van der Waals surface area contributed by atoms with E-state index in [2.05, 4.69) is 15.3 Å². The summed E-state index contributed by atoms with van der Waals surface area (Å²) < 4.78 is 39.8. The first kappa shape index (κ1) is 18.5. The van der Waals surface area contributed by atoms with Gasteiger partial charge >= 0.3 is 6.18 Å². The summed E-state index contributed by atoms with van der Waals surface area (Å²) in [4.78, 5) is 31.9. The van der Waals surface area contributed by atoms with E-state index in [-0.39, 0.29) is 18.2 Å². The number of amides is 1. The van der Waals surface area contributed by atoms with Crippen LogP contribution >= 0.6 is 11.3 Å². The largest absolute Gasteiger partial charge is 0.434 e. The molecule has 0 bridgehead atoms. The molecule has 1 atom stereocenters. The van der Waals surface area contributed by atoms with Gasteiger partial charge < -0.3 is 14.9 Å². The van der Waals surface area contributed by atoms with Gasteiger partial charge in [-0.1, -0.05) is 6.07 Å². The Morgan fingerprint density at radius 2 is 2.14 bits per heavy atom. The van der Waals surface area contributed by atoms with Gasteiger partial charge in [-0.15, -0.1) is 11.3 Å². The SMILES string of the molecule is O=C(NC1CCc2nc(C(F)(F)F)cn2C1)c1ccc(-c2cccs2)[nH]c1=O. The van der Waals surface area contributed by atoms with E-state index in [0.717, 1.165) is 11.1 Å². The van der Waals surface area contributed by atoms with Gasteiger partial charge in [0.05, 0.1) is 10.6 Å². The molecule has 4 heterocycles. The summed E-state index contributed by atoms with van der Waals surface area (Å²) in [6, 6.07) is 6.45. The van der Waals surface area contributed by atoms with Crippen molar-refractivity contribution in [1.82, 2.24) is 19.9 Å². The fraction of sp³-hybridized carbons (Fsp3) is 0.278. The standard InChI is InChI=1S/C18H15F3N4O2S/c19-18(20,21)14-9-25-8-10(3-6-15(25)24-14)22-16(26)11-4-5-12(23-17(11)27)13-2-1-7-28-13/h1-2,4-5,7,9-10H,3,6,8H2,(H,22,26)(H,23,27). The van der Waals surface area contributed by atoms with Crippen molar-refractivity contribution in [1.29, 1.82) is 0 Å². The maximum absolute atomic E-state index is 12.8. The number of aromatic nitrogens is 3. The number of thiophene rings is 1. The first-order valence-corrected chi connectivity index (χ1v) is 9.40. The number of hydrogen-bond donors (Lipinski definition) is 2. The highest BCUT2D eigenvalue weighted by Gasteiger charge is 2.36. The summed E-state index contributed by atoms with van der Waals surface area (Å²) in [5, 5.41) is 4.61. The molecule has 10 heteroatoms. The van der Waals surface area contributed by atoms with Gasteiger partial charge in [0, 0.05) is 25.2 Å². The summed E-state index contributed by atoms with van der Waals surface area (Å²) in [7, 11) is 0. The zero-order chi connectivity index (χ0) is 19.9. The van der Waals surface area contributed by atoms with Crippen molar-refractivity contribution in [3.8, 4) is 10.6 Å². The zero-order valence-corrected chi connectivity index (χ0v) is 15.2. The van der Waals surface area contributed by atoms with E-state index >= 15 is 0 Å². The maximum Gasteiger partial charge on any atom is 0.434 e. The van der Waals surface area contributed by atoms with Crippen molar-refractivity contribution in [3.63, 3.8) is 0 Å². The molecular weight excluding hydrogens is 393 g/mol. The fourth-order valence-corrected chi connectivity index (χ4v) is 3.90. The number of pyridine rings is 1. The molecule has 6 nitrogen and oxygen atoms in total. The highest BCUT2D eigenvalue weighted by Crippen LogP contribution is 2.29. The minimum atomic E-state index is -4.50. The lowest BCUT2D eigenvalue weighted by Gasteiger charge is -2.24. The number of aromatic amines is 1. The average molecular weight is 408 g/mol. The van der Waals surface area contributed by atoms with Gasteiger partial charge in [0.15, 0.2) is 5.69 Å². The van der Waals surface area contributed by atoms with E-state index in [1.165, 1.54) is 22.0 Å². The van der Waals surface area contributed by atoms with E-state index in [1.807, 2.05) is 17.5 Å². The number of nitrogens with one attached hydrogen (secondary N) is 2. The molecule has 28 heavy (non-hydrogen) atoms. The van der Waals surface area contributed by atoms with Crippen molar-refractivity contribution in [2.24, 2.45) is 0 Å². The molecule has 0 aliphatic carbocycles. The monoisotopic (exact) mass is 408 g/mol. The van der Waals surface area contributed by atoms with Crippen LogP contribution in [-0.2, 0) is 19.1 Å². The molecule has 4 rings (SSSR count). The van der Waals surface area contributed by atoms with E-state index in [9.17, 15) is 22.8 Å². The minimum Gasteiger partial charge on any atom is -0.347 e. The summed E-state index contributed by atoms with van der Waals surface area (Å²) in [5.41, 5.74) is -0.860. The highest BCUT2D eigenvalue weighted by atomic mass is 32.1. The van der Waals surface area contributed by atoms with E-state index < -0.39 is 23.3 Å². The third kappa shape index (κ3) is 3.59. The number of alkyl halides is 3. The van der Waals surface area contributed by atoms with Gasteiger partial charge in [0.2, 0.25) is 0 Å². The molecule has 0 fully saturated rings. The van der Waals surface area contributed by atoms with Crippen LogP contribution in [0.3, 0.4) is 0 Å². The van der Waals surface area contributed by atoms with Crippen LogP contribution in [0, 0.1) is 0 Å². The van der Waals surface area contributed by atoms with Crippen molar-refractivity contribution in [2.75, 3.05) is 0 Å². The number of rotatable bonds is 3. The quantitative estimate of drug-likeness (QED) is 0.699. The molecule has 0 saturated heterocycles. The summed E-state index contributed by atoms with van der Waals surface area (Å²) in [6.07, 6.45) is -2.78. The Labute approximate surface area is 161 Å². The second-order valence-corrected chi connectivity index (χ2v) is 7.44. The van der Waals surface area contributed by atoms with Gasteiger partial charge in [0.25, 0.3) is 11.5 Å².